The third-order valence-corrected chi connectivity index (χ3v) is 4.48. The van der Waals surface area contributed by atoms with E-state index in [1.54, 1.807) is 18.2 Å². The first kappa shape index (κ1) is 18.2. The van der Waals surface area contributed by atoms with Gasteiger partial charge in [-0.2, -0.15) is 0 Å². The number of carbonyl (C=O) groups is 1. The van der Waals surface area contributed by atoms with Crippen molar-refractivity contribution in [1.82, 2.24) is 14.9 Å². The number of nitrogens with one attached hydrogen (secondary N) is 2. The summed E-state index contributed by atoms with van der Waals surface area (Å²) in [5.74, 6) is 0.465. The average molecular weight is 353 g/mol. The van der Waals surface area contributed by atoms with Gasteiger partial charge in [0.2, 0.25) is 0 Å². The van der Waals surface area contributed by atoms with Crippen LogP contribution in [0.25, 0.3) is 11.0 Å². The van der Waals surface area contributed by atoms with Crippen LogP contribution < -0.4 is 16.9 Å². The van der Waals surface area contributed by atoms with Gasteiger partial charge in [0, 0.05) is 24.7 Å². The van der Waals surface area contributed by atoms with Crippen LogP contribution in [0.2, 0.25) is 0 Å². The molecule has 2 aromatic rings. The van der Waals surface area contributed by atoms with Gasteiger partial charge in [0.25, 0.3) is 5.91 Å². The minimum Gasteiger partial charge on any atom is -0.334 e. The number of nitrogens with zero attached hydrogens (tertiary/aromatic N) is 1. The van der Waals surface area contributed by atoms with Gasteiger partial charge in [0.1, 0.15) is 0 Å². The Balaban J connectivity index is 0.00000208. The van der Waals surface area contributed by atoms with Crippen molar-refractivity contribution in [2.24, 2.45) is 11.7 Å². The summed E-state index contributed by atoms with van der Waals surface area (Å²) in [6, 6.07) is 4.92. The molecule has 2 unspecified atom stereocenters. The third kappa shape index (κ3) is 3.37. The van der Waals surface area contributed by atoms with Crippen LogP contribution in [0.4, 0.5) is 0 Å². The van der Waals surface area contributed by atoms with E-state index in [4.69, 9.17) is 5.73 Å². The van der Waals surface area contributed by atoms with E-state index < -0.39 is 11.1 Å². The molecule has 8 heteroatoms. The van der Waals surface area contributed by atoms with Crippen molar-refractivity contribution in [3.63, 3.8) is 0 Å². The van der Waals surface area contributed by atoms with Crippen molar-refractivity contribution in [2.75, 3.05) is 13.1 Å². The fourth-order valence-electron chi connectivity index (χ4n) is 3.16. The minimum atomic E-state index is -0.728. The quantitative estimate of drug-likeness (QED) is 0.695. The van der Waals surface area contributed by atoms with Gasteiger partial charge in [0.05, 0.1) is 11.0 Å². The zero-order chi connectivity index (χ0) is 16.6. The number of carbonyl (C=O) groups excluding carboxylic acids is 1. The van der Waals surface area contributed by atoms with E-state index in [2.05, 4.69) is 16.9 Å². The van der Waals surface area contributed by atoms with Crippen LogP contribution in [0.1, 0.15) is 30.1 Å². The highest BCUT2D eigenvalue weighted by molar-refractivity contribution is 5.97. The molecule has 0 aliphatic carbocycles. The molecule has 0 bridgehead atoms. The number of rotatable bonds is 2. The first-order valence-corrected chi connectivity index (χ1v) is 7.77. The lowest BCUT2D eigenvalue weighted by molar-refractivity contribution is 0.0574. The van der Waals surface area contributed by atoms with Crippen LogP contribution in [0.3, 0.4) is 0 Å². The Morgan fingerprint density at radius 2 is 1.92 bits per heavy atom. The van der Waals surface area contributed by atoms with Gasteiger partial charge in [0.15, 0.2) is 0 Å². The molecular formula is C16H21ClN4O3. The molecule has 0 spiro atoms. The molecule has 2 heterocycles. The van der Waals surface area contributed by atoms with E-state index in [1.165, 1.54) is 0 Å². The Bertz CT molecular complexity index is 860. The number of benzene rings is 1. The number of piperidine rings is 1. The first-order valence-electron chi connectivity index (χ1n) is 7.77. The molecule has 1 saturated heterocycles. The normalized spacial score (nSPS) is 20.7. The molecule has 1 aromatic heterocycles. The van der Waals surface area contributed by atoms with Crippen LogP contribution in [-0.2, 0) is 0 Å². The first-order chi connectivity index (χ1) is 11.0. The van der Waals surface area contributed by atoms with Crippen molar-refractivity contribution < 1.29 is 4.79 Å². The fraction of sp³-hybridized carbons (Fsp3) is 0.438. The number of aromatic nitrogens is 2. The number of likely N-dealkylation sites (tertiary alicyclic amines) is 1. The summed E-state index contributed by atoms with van der Waals surface area (Å²) in [5.41, 5.74) is 5.80. The molecule has 1 aliphatic rings. The SMILES string of the molecule is CC1CCN(C(=O)c2ccc3[nH]c(=O)c(=O)[nH]c3c2)C(CN)C1.Cl. The van der Waals surface area contributed by atoms with E-state index in [1.807, 2.05) is 4.90 Å². The Morgan fingerprint density at radius 3 is 2.58 bits per heavy atom. The van der Waals surface area contributed by atoms with Gasteiger partial charge in [-0.1, -0.05) is 6.92 Å². The molecule has 1 amide bonds. The molecule has 1 aliphatic heterocycles. The van der Waals surface area contributed by atoms with Gasteiger partial charge in [-0.15, -0.1) is 12.4 Å². The summed E-state index contributed by atoms with van der Waals surface area (Å²) in [5, 5.41) is 0. The lowest BCUT2D eigenvalue weighted by Crippen LogP contribution is -2.49. The monoisotopic (exact) mass is 352 g/mol. The summed E-state index contributed by atoms with van der Waals surface area (Å²) < 4.78 is 0. The lowest BCUT2D eigenvalue weighted by Gasteiger charge is -2.38. The zero-order valence-corrected chi connectivity index (χ0v) is 14.2. The standard InChI is InChI=1S/C16H20N4O3.ClH/c1-9-4-5-20(11(6-9)8-17)16(23)10-2-3-12-13(7-10)19-15(22)14(21)18-12;/h2-3,7,9,11H,4-6,8,17H2,1H3,(H,18,21)(H,19,22);1H. The Hall–Kier alpha value is -2.12. The maximum Gasteiger partial charge on any atom is 0.314 e. The van der Waals surface area contributed by atoms with Gasteiger partial charge >= 0.3 is 11.1 Å². The van der Waals surface area contributed by atoms with E-state index in [-0.39, 0.29) is 24.4 Å². The van der Waals surface area contributed by atoms with Crippen molar-refractivity contribution in [2.45, 2.75) is 25.8 Å². The van der Waals surface area contributed by atoms with Crippen molar-refractivity contribution in [3.05, 3.63) is 44.5 Å². The lowest BCUT2D eigenvalue weighted by atomic mass is 9.92. The number of nitrogens with two attached hydrogens (primary N) is 1. The van der Waals surface area contributed by atoms with Gasteiger partial charge in [-0.05, 0) is 37.0 Å². The summed E-state index contributed by atoms with van der Waals surface area (Å²) >= 11 is 0. The average Bonchev–Trinajstić information content (AvgIpc) is 2.54. The zero-order valence-electron chi connectivity index (χ0n) is 13.4. The van der Waals surface area contributed by atoms with Crippen molar-refractivity contribution in [1.29, 1.82) is 0 Å². The molecule has 4 N–H and O–H groups in total. The van der Waals surface area contributed by atoms with Crippen LogP contribution in [-0.4, -0.2) is 39.9 Å². The van der Waals surface area contributed by atoms with Crippen LogP contribution in [0.15, 0.2) is 27.8 Å². The Kier molecular flexibility index (Phi) is 5.46. The summed E-state index contributed by atoms with van der Waals surface area (Å²) in [6.45, 7) is 3.29. The predicted molar refractivity (Wildman–Crippen MR) is 94.7 cm³/mol. The number of hydrogen-bond acceptors (Lipinski definition) is 4. The number of aromatic amines is 2. The topological polar surface area (TPSA) is 112 Å². The molecule has 130 valence electrons. The van der Waals surface area contributed by atoms with Crippen molar-refractivity contribution >= 4 is 29.3 Å². The van der Waals surface area contributed by atoms with Crippen LogP contribution in [0, 0.1) is 5.92 Å². The molecule has 0 saturated carbocycles. The molecule has 2 atom stereocenters. The Morgan fingerprint density at radius 1 is 1.25 bits per heavy atom. The second-order valence-electron chi connectivity index (χ2n) is 6.19. The largest absolute Gasteiger partial charge is 0.334 e. The third-order valence-electron chi connectivity index (χ3n) is 4.48. The van der Waals surface area contributed by atoms with E-state index >= 15 is 0 Å². The summed E-state index contributed by atoms with van der Waals surface area (Å²) in [6.07, 6.45) is 1.86. The second kappa shape index (κ2) is 7.19. The van der Waals surface area contributed by atoms with Gasteiger partial charge < -0.3 is 20.6 Å². The number of fused-ring (bicyclic) bond motifs is 1. The van der Waals surface area contributed by atoms with E-state index in [9.17, 15) is 14.4 Å². The maximum atomic E-state index is 12.8. The molecule has 1 fully saturated rings. The molecule has 24 heavy (non-hydrogen) atoms. The smallest absolute Gasteiger partial charge is 0.314 e. The molecule has 3 rings (SSSR count). The maximum absolute atomic E-state index is 12.8. The molecule has 7 nitrogen and oxygen atoms in total. The fourth-order valence-corrected chi connectivity index (χ4v) is 3.16. The van der Waals surface area contributed by atoms with Gasteiger partial charge in [-0.3, -0.25) is 14.4 Å². The highest BCUT2D eigenvalue weighted by Crippen LogP contribution is 2.24. The number of hydrogen-bond donors (Lipinski definition) is 3. The summed E-state index contributed by atoms with van der Waals surface area (Å²) in [4.78, 5) is 42.3. The highest BCUT2D eigenvalue weighted by atomic mass is 35.5. The van der Waals surface area contributed by atoms with E-state index in [0.717, 1.165) is 12.8 Å². The van der Waals surface area contributed by atoms with E-state index in [0.29, 0.717) is 35.6 Å². The minimum absolute atomic E-state index is 0. The summed E-state index contributed by atoms with van der Waals surface area (Å²) in [7, 11) is 0. The molecular weight excluding hydrogens is 332 g/mol. The van der Waals surface area contributed by atoms with Crippen molar-refractivity contribution in [3.8, 4) is 0 Å². The van der Waals surface area contributed by atoms with Crippen LogP contribution in [0.5, 0.6) is 0 Å². The molecule has 1 aromatic carbocycles. The van der Waals surface area contributed by atoms with Crippen LogP contribution >= 0.6 is 12.4 Å². The molecule has 0 radical (unpaired) electrons. The Labute approximate surface area is 144 Å². The predicted octanol–water partition coefficient (Wildman–Crippen LogP) is 0.838. The number of H-pyrrole nitrogens is 2. The number of amides is 1. The second-order valence-corrected chi connectivity index (χ2v) is 6.19. The highest BCUT2D eigenvalue weighted by Gasteiger charge is 2.29. The number of halogens is 1. The van der Waals surface area contributed by atoms with Gasteiger partial charge in [-0.25, -0.2) is 0 Å².